The third-order valence-corrected chi connectivity index (χ3v) is 3.75. The van der Waals surface area contributed by atoms with Crippen molar-refractivity contribution in [2.75, 3.05) is 13.7 Å². The first-order valence-corrected chi connectivity index (χ1v) is 7.50. The predicted octanol–water partition coefficient (Wildman–Crippen LogP) is 2.79. The quantitative estimate of drug-likeness (QED) is 0.682. The fourth-order valence-corrected chi connectivity index (χ4v) is 2.57. The van der Waals surface area contributed by atoms with E-state index in [1.807, 2.05) is 0 Å². The lowest BCUT2D eigenvalue weighted by molar-refractivity contribution is -0.183. The third kappa shape index (κ3) is 4.31. The molecule has 7 nitrogen and oxygen atoms in total. The maximum atomic E-state index is 12.3. The van der Waals surface area contributed by atoms with E-state index in [2.05, 4.69) is 15.4 Å². The summed E-state index contributed by atoms with van der Waals surface area (Å²) in [5.74, 6) is -1.67. The molecule has 142 valence electrons. The van der Waals surface area contributed by atoms with Gasteiger partial charge in [-0.25, -0.2) is 9.59 Å². The summed E-state index contributed by atoms with van der Waals surface area (Å²) in [6, 6.07) is 0.710. The number of nitrogens with one attached hydrogen (secondary N) is 2. The molecule has 0 bridgehead atoms. The Morgan fingerprint density at radius 3 is 2.62 bits per heavy atom. The lowest BCUT2D eigenvalue weighted by Crippen LogP contribution is -2.45. The average Bonchev–Trinajstić information content (AvgIpc) is 2.53. The zero-order valence-electron chi connectivity index (χ0n) is 13.5. The van der Waals surface area contributed by atoms with E-state index in [1.54, 1.807) is 0 Å². The van der Waals surface area contributed by atoms with Crippen LogP contribution in [0.2, 0.25) is 5.02 Å². The number of hydrogen-bond donors (Lipinski definition) is 3. The van der Waals surface area contributed by atoms with Gasteiger partial charge in [-0.1, -0.05) is 11.6 Å². The van der Waals surface area contributed by atoms with Crippen molar-refractivity contribution in [2.45, 2.75) is 19.1 Å². The first-order valence-electron chi connectivity index (χ1n) is 7.12. The molecule has 3 N–H and O–H groups in total. The number of esters is 1. The van der Waals surface area contributed by atoms with Gasteiger partial charge in [0.05, 0.1) is 23.7 Å². The van der Waals surface area contributed by atoms with Crippen LogP contribution in [0.4, 0.5) is 18.0 Å². The van der Waals surface area contributed by atoms with E-state index >= 15 is 0 Å². The Labute approximate surface area is 150 Å². The topological polar surface area (TPSA) is 96.9 Å². The summed E-state index contributed by atoms with van der Waals surface area (Å²) >= 11 is 5.90. The predicted molar refractivity (Wildman–Crippen MR) is 83.8 cm³/mol. The monoisotopic (exact) mass is 394 g/mol. The number of alkyl halides is 3. The Balaban J connectivity index is 2.44. The standard InChI is InChI=1S/C15H14ClF3N2O5/c1-6-10(13(23)26-5-15(17,18)19)11(21-14(24)20-6)7-3-8(16)12(22)9(4-7)25-2/h3-4,11,22H,5H2,1-2H3,(H2,20,21,24)/t11-/m0/s1. The van der Waals surface area contributed by atoms with Crippen LogP contribution in [0, 0.1) is 0 Å². The summed E-state index contributed by atoms with van der Waals surface area (Å²) in [5.41, 5.74) is -0.00967. The minimum Gasteiger partial charge on any atom is -0.503 e. The maximum absolute atomic E-state index is 12.3. The summed E-state index contributed by atoms with van der Waals surface area (Å²) in [7, 11) is 1.26. The van der Waals surface area contributed by atoms with Crippen molar-refractivity contribution in [3.05, 3.63) is 34.0 Å². The number of carbonyl (C=O) groups is 2. The van der Waals surface area contributed by atoms with E-state index in [0.29, 0.717) is 0 Å². The highest BCUT2D eigenvalue weighted by atomic mass is 35.5. The van der Waals surface area contributed by atoms with Crippen LogP contribution in [0.1, 0.15) is 18.5 Å². The van der Waals surface area contributed by atoms with Crippen molar-refractivity contribution in [2.24, 2.45) is 0 Å². The number of rotatable bonds is 4. The number of phenolic OH excluding ortho intramolecular Hbond substituents is 1. The Morgan fingerprint density at radius 2 is 2.04 bits per heavy atom. The second kappa shape index (κ2) is 7.32. The molecular formula is C15H14ClF3N2O5. The fourth-order valence-electron chi connectivity index (χ4n) is 2.36. The zero-order chi connectivity index (χ0) is 19.6. The Bertz CT molecular complexity index is 779. The van der Waals surface area contributed by atoms with Crippen LogP contribution in [0.5, 0.6) is 11.5 Å². The number of urea groups is 1. The van der Waals surface area contributed by atoms with Gasteiger partial charge in [0.2, 0.25) is 0 Å². The van der Waals surface area contributed by atoms with Crippen molar-refractivity contribution in [3.63, 3.8) is 0 Å². The van der Waals surface area contributed by atoms with Crippen LogP contribution in [0.15, 0.2) is 23.4 Å². The van der Waals surface area contributed by atoms with Gasteiger partial charge in [0.25, 0.3) is 0 Å². The van der Waals surface area contributed by atoms with E-state index < -0.39 is 30.8 Å². The third-order valence-electron chi connectivity index (χ3n) is 3.46. The fraction of sp³-hybridized carbons (Fsp3) is 0.333. The molecule has 2 rings (SSSR count). The molecule has 0 fully saturated rings. The largest absolute Gasteiger partial charge is 0.503 e. The molecule has 0 spiro atoms. The van der Waals surface area contributed by atoms with E-state index in [9.17, 15) is 27.9 Å². The molecule has 0 aromatic heterocycles. The molecule has 1 aliphatic rings. The summed E-state index contributed by atoms with van der Waals surface area (Å²) < 4.78 is 46.2. The molecule has 11 heteroatoms. The van der Waals surface area contributed by atoms with Gasteiger partial charge in [-0.15, -0.1) is 0 Å². The Hall–Kier alpha value is -2.62. The van der Waals surface area contributed by atoms with Gasteiger partial charge in [-0.05, 0) is 24.6 Å². The molecule has 1 heterocycles. The highest BCUT2D eigenvalue weighted by Crippen LogP contribution is 2.39. The number of allylic oxidation sites excluding steroid dienone is 1. The molecule has 0 saturated carbocycles. The van der Waals surface area contributed by atoms with Crippen molar-refractivity contribution in [1.29, 1.82) is 0 Å². The number of carbonyl (C=O) groups excluding carboxylic acids is 2. The van der Waals surface area contributed by atoms with E-state index in [1.165, 1.54) is 26.2 Å². The van der Waals surface area contributed by atoms with Crippen LogP contribution >= 0.6 is 11.6 Å². The molecule has 1 aromatic rings. The van der Waals surface area contributed by atoms with Gasteiger partial charge in [-0.2, -0.15) is 13.2 Å². The molecule has 0 aliphatic carbocycles. The van der Waals surface area contributed by atoms with Gasteiger partial charge in [0.1, 0.15) is 0 Å². The maximum Gasteiger partial charge on any atom is 0.422 e. The Morgan fingerprint density at radius 1 is 1.38 bits per heavy atom. The average molecular weight is 395 g/mol. The van der Waals surface area contributed by atoms with Crippen LogP contribution in [-0.4, -0.2) is 37.0 Å². The first kappa shape index (κ1) is 19.7. The van der Waals surface area contributed by atoms with Gasteiger partial charge >= 0.3 is 18.2 Å². The van der Waals surface area contributed by atoms with E-state index in [-0.39, 0.29) is 33.4 Å². The molecule has 0 radical (unpaired) electrons. The molecule has 2 amide bonds. The number of hydrogen-bond acceptors (Lipinski definition) is 5. The molecule has 1 aromatic carbocycles. The number of halogens is 4. The molecule has 26 heavy (non-hydrogen) atoms. The van der Waals surface area contributed by atoms with Crippen LogP contribution < -0.4 is 15.4 Å². The van der Waals surface area contributed by atoms with E-state index in [0.717, 1.165) is 0 Å². The van der Waals surface area contributed by atoms with Gasteiger partial charge in [-0.3, -0.25) is 0 Å². The molecule has 0 saturated heterocycles. The van der Waals surface area contributed by atoms with Crippen molar-refractivity contribution in [3.8, 4) is 11.5 Å². The highest BCUT2D eigenvalue weighted by molar-refractivity contribution is 6.32. The van der Waals surface area contributed by atoms with Crippen LogP contribution in [0.3, 0.4) is 0 Å². The molecule has 1 atom stereocenters. The van der Waals surface area contributed by atoms with Gasteiger partial charge < -0.3 is 25.2 Å². The summed E-state index contributed by atoms with van der Waals surface area (Å²) in [4.78, 5) is 23.9. The number of amides is 2. The normalized spacial score (nSPS) is 17.5. The lowest BCUT2D eigenvalue weighted by Gasteiger charge is -2.28. The minimum absolute atomic E-state index is 0.0223. The smallest absolute Gasteiger partial charge is 0.422 e. The summed E-state index contributed by atoms with van der Waals surface area (Å²) in [6.07, 6.45) is -4.70. The van der Waals surface area contributed by atoms with Crippen LogP contribution in [0.25, 0.3) is 0 Å². The number of benzene rings is 1. The number of methoxy groups -OCH3 is 1. The highest BCUT2D eigenvalue weighted by Gasteiger charge is 2.36. The summed E-state index contributed by atoms with van der Waals surface area (Å²) in [5, 5.41) is 14.4. The zero-order valence-corrected chi connectivity index (χ0v) is 14.3. The SMILES string of the molecule is COc1cc([C@@H]2NC(=O)NC(C)=C2C(=O)OCC(F)(F)F)cc(Cl)c1O. The summed E-state index contributed by atoms with van der Waals surface area (Å²) in [6.45, 7) is -0.432. The second-order valence-electron chi connectivity index (χ2n) is 5.32. The first-order chi connectivity index (χ1) is 12.0. The van der Waals surface area contributed by atoms with Crippen molar-refractivity contribution in [1.82, 2.24) is 10.6 Å². The number of aromatic hydroxyl groups is 1. The van der Waals surface area contributed by atoms with E-state index in [4.69, 9.17) is 16.3 Å². The number of ether oxygens (including phenoxy) is 2. The molecule has 0 unspecified atom stereocenters. The van der Waals surface area contributed by atoms with Gasteiger partial charge in [0.15, 0.2) is 18.1 Å². The van der Waals surface area contributed by atoms with Crippen molar-refractivity contribution < 1.29 is 37.3 Å². The van der Waals surface area contributed by atoms with Crippen molar-refractivity contribution >= 4 is 23.6 Å². The minimum atomic E-state index is -4.70. The number of phenols is 1. The van der Waals surface area contributed by atoms with Gasteiger partial charge in [0, 0.05) is 5.70 Å². The van der Waals surface area contributed by atoms with Crippen LogP contribution in [-0.2, 0) is 9.53 Å². The molecule has 1 aliphatic heterocycles. The lowest BCUT2D eigenvalue weighted by atomic mass is 9.95. The second-order valence-corrected chi connectivity index (χ2v) is 5.72. The Kier molecular flexibility index (Phi) is 5.55. The molecular weight excluding hydrogens is 381 g/mol.